The summed E-state index contributed by atoms with van der Waals surface area (Å²) in [5.41, 5.74) is 9.15. The highest BCUT2D eigenvalue weighted by Gasteiger charge is 2.22. The fourth-order valence-electron chi connectivity index (χ4n) is 2.70. The highest BCUT2D eigenvalue weighted by Crippen LogP contribution is 2.25. The summed E-state index contributed by atoms with van der Waals surface area (Å²) in [4.78, 5) is 2.42. The quantitative estimate of drug-likeness (QED) is 0.863. The summed E-state index contributed by atoms with van der Waals surface area (Å²) >= 11 is 3.52. The SMILES string of the molecule is Nc1cccc(CN2CCOC(c3cccc(Br)c3)C2)c1. The van der Waals surface area contributed by atoms with Crippen molar-refractivity contribution in [2.75, 3.05) is 25.4 Å². The largest absolute Gasteiger partial charge is 0.399 e. The lowest BCUT2D eigenvalue weighted by Crippen LogP contribution is -2.37. The molecule has 0 saturated carbocycles. The Kier molecular flexibility index (Phi) is 4.58. The molecule has 0 aromatic heterocycles. The van der Waals surface area contributed by atoms with Crippen molar-refractivity contribution in [3.63, 3.8) is 0 Å². The van der Waals surface area contributed by atoms with Gasteiger partial charge in [-0.05, 0) is 35.4 Å². The molecule has 4 heteroatoms. The summed E-state index contributed by atoms with van der Waals surface area (Å²) in [6, 6.07) is 16.5. The predicted octanol–water partition coefficient (Wildman–Crippen LogP) is 3.60. The van der Waals surface area contributed by atoms with Crippen LogP contribution in [0, 0.1) is 0 Å². The van der Waals surface area contributed by atoms with Gasteiger partial charge in [-0.1, -0.05) is 40.2 Å². The third kappa shape index (κ3) is 3.84. The fraction of sp³-hybridized carbons (Fsp3) is 0.294. The average molecular weight is 347 g/mol. The van der Waals surface area contributed by atoms with Gasteiger partial charge in [0, 0.05) is 29.8 Å². The Bertz CT molecular complexity index is 617. The molecule has 0 bridgehead atoms. The third-order valence-electron chi connectivity index (χ3n) is 3.73. The van der Waals surface area contributed by atoms with Crippen LogP contribution in [-0.2, 0) is 11.3 Å². The molecule has 0 radical (unpaired) electrons. The van der Waals surface area contributed by atoms with Crippen LogP contribution in [0.15, 0.2) is 53.0 Å². The van der Waals surface area contributed by atoms with Crippen LogP contribution in [0.1, 0.15) is 17.2 Å². The van der Waals surface area contributed by atoms with E-state index in [9.17, 15) is 0 Å². The minimum atomic E-state index is 0.136. The Balaban J connectivity index is 1.68. The molecular weight excluding hydrogens is 328 g/mol. The van der Waals surface area contributed by atoms with Gasteiger partial charge in [-0.15, -0.1) is 0 Å². The summed E-state index contributed by atoms with van der Waals surface area (Å²) in [7, 11) is 0. The molecule has 2 aromatic carbocycles. The van der Waals surface area contributed by atoms with Crippen molar-refractivity contribution >= 4 is 21.6 Å². The summed E-state index contributed by atoms with van der Waals surface area (Å²) in [5, 5.41) is 0. The van der Waals surface area contributed by atoms with Crippen LogP contribution in [0.2, 0.25) is 0 Å². The van der Waals surface area contributed by atoms with E-state index in [1.54, 1.807) is 0 Å². The summed E-state index contributed by atoms with van der Waals surface area (Å²) < 4.78 is 7.02. The maximum absolute atomic E-state index is 5.92. The number of anilines is 1. The number of benzene rings is 2. The highest BCUT2D eigenvalue weighted by atomic mass is 79.9. The van der Waals surface area contributed by atoms with Gasteiger partial charge in [-0.2, -0.15) is 0 Å². The first kappa shape index (κ1) is 14.6. The molecule has 3 rings (SSSR count). The normalized spacial score (nSPS) is 19.6. The summed E-state index contributed by atoms with van der Waals surface area (Å²) in [6.45, 7) is 3.54. The molecule has 2 N–H and O–H groups in total. The lowest BCUT2D eigenvalue weighted by atomic mass is 10.1. The van der Waals surface area contributed by atoms with E-state index in [1.807, 2.05) is 24.3 Å². The first-order valence-corrected chi connectivity index (χ1v) is 7.94. The molecular formula is C17H19BrN2O. The second-order valence-electron chi connectivity index (χ2n) is 5.39. The Morgan fingerprint density at radius 3 is 2.86 bits per heavy atom. The van der Waals surface area contributed by atoms with Crippen LogP contribution in [0.25, 0.3) is 0 Å². The molecule has 1 aliphatic rings. The molecule has 1 fully saturated rings. The van der Waals surface area contributed by atoms with E-state index in [4.69, 9.17) is 10.5 Å². The zero-order chi connectivity index (χ0) is 14.7. The van der Waals surface area contributed by atoms with Crippen molar-refractivity contribution in [3.8, 4) is 0 Å². The van der Waals surface area contributed by atoms with Crippen LogP contribution >= 0.6 is 15.9 Å². The Labute approximate surface area is 133 Å². The molecule has 1 heterocycles. The van der Waals surface area contributed by atoms with E-state index in [-0.39, 0.29) is 6.10 Å². The van der Waals surface area contributed by atoms with Crippen LogP contribution in [0.4, 0.5) is 5.69 Å². The molecule has 3 nitrogen and oxygen atoms in total. The standard InChI is InChI=1S/C17H19BrN2O/c18-15-5-2-4-14(10-15)17-12-20(7-8-21-17)11-13-3-1-6-16(19)9-13/h1-6,9-10,17H,7-8,11-12,19H2. The number of ether oxygens (including phenoxy) is 1. The molecule has 1 unspecified atom stereocenters. The molecule has 1 aliphatic heterocycles. The van der Waals surface area contributed by atoms with E-state index in [0.717, 1.165) is 36.4 Å². The van der Waals surface area contributed by atoms with E-state index >= 15 is 0 Å². The Morgan fingerprint density at radius 1 is 1.19 bits per heavy atom. The molecule has 2 aromatic rings. The van der Waals surface area contributed by atoms with Gasteiger partial charge in [0.05, 0.1) is 12.7 Å². The van der Waals surface area contributed by atoms with Gasteiger partial charge in [0.1, 0.15) is 0 Å². The molecule has 110 valence electrons. The van der Waals surface area contributed by atoms with Crippen LogP contribution in [-0.4, -0.2) is 24.6 Å². The second-order valence-corrected chi connectivity index (χ2v) is 6.31. The van der Waals surface area contributed by atoms with Crippen molar-refractivity contribution in [1.29, 1.82) is 0 Å². The minimum absolute atomic E-state index is 0.136. The topological polar surface area (TPSA) is 38.5 Å². The van der Waals surface area contributed by atoms with Gasteiger partial charge in [0.15, 0.2) is 0 Å². The number of halogens is 1. The maximum Gasteiger partial charge on any atom is 0.0952 e. The van der Waals surface area contributed by atoms with Crippen molar-refractivity contribution in [1.82, 2.24) is 4.90 Å². The second kappa shape index (κ2) is 6.60. The smallest absolute Gasteiger partial charge is 0.0952 e. The molecule has 21 heavy (non-hydrogen) atoms. The first-order chi connectivity index (χ1) is 10.2. The number of nitrogens with two attached hydrogens (primary N) is 1. The summed E-state index contributed by atoms with van der Waals surface area (Å²) in [6.07, 6.45) is 0.136. The van der Waals surface area contributed by atoms with Crippen LogP contribution in [0.3, 0.4) is 0 Å². The van der Waals surface area contributed by atoms with Crippen molar-refractivity contribution in [2.24, 2.45) is 0 Å². The number of nitrogen functional groups attached to an aromatic ring is 1. The zero-order valence-electron chi connectivity index (χ0n) is 11.8. The lowest BCUT2D eigenvalue weighted by Gasteiger charge is -2.33. The van der Waals surface area contributed by atoms with Gasteiger partial charge in [0.25, 0.3) is 0 Å². The van der Waals surface area contributed by atoms with Gasteiger partial charge >= 0.3 is 0 Å². The fourth-order valence-corrected chi connectivity index (χ4v) is 3.12. The van der Waals surface area contributed by atoms with Crippen molar-refractivity contribution in [3.05, 3.63) is 64.1 Å². The zero-order valence-corrected chi connectivity index (χ0v) is 13.4. The van der Waals surface area contributed by atoms with Crippen molar-refractivity contribution < 1.29 is 4.74 Å². The van der Waals surface area contributed by atoms with Gasteiger partial charge < -0.3 is 10.5 Å². The number of hydrogen-bond donors (Lipinski definition) is 1. The predicted molar refractivity (Wildman–Crippen MR) is 89.0 cm³/mol. The highest BCUT2D eigenvalue weighted by molar-refractivity contribution is 9.10. The van der Waals surface area contributed by atoms with E-state index in [0.29, 0.717) is 0 Å². The van der Waals surface area contributed by atoms with Gasteiger partial charge in [-0.25, -0.2) is 0 Å². The first-order valence-electron chi connectivity index (χ1n) is 7.14. The van der Waals surface area contributed by atoms with E-state index in [2.05, 4.69) is 45.1 Å². The minimum Gasteiger partial charge on any atom is -0.399 e. The molecule has 0 aliphatic carbocycles. The van der Waals surface area contributed by atoms with E-state index in [1.165, 1.54) is 11.1 Å². The monoisotopic (exact) mass is 346 g/mol. The molecule has 1 atom stereocenters. The van der Waals surface area contributed by atoms with Crippen molar-refractivity contribution in [2.45, 2.75) is 12.6 Å². The van der Waals surface area contributed by atoms with Crippen LogP contribution < -0.4 is 5.73 Å². The van der Waals surface area contributed by atoms with Gasteiger partial charge in [0.2, 0.25) is 0 Å². The van der Waals surface area contributed by atoms with Gasteiger partial charge in [-0.3, -0.25) is 4.90 Å². The molecule has 0 spiro atoms. The average Bonchev–Trinajstić information content (AvgIpc) is 2.47. The number of hydrogen-bond acceptors (Lipinski definition) is 3. The number of nitrogens with zero attached hydrogens (tertiary/aromatic N) is 1. The maximum atomic E-state index is 5.92. The molecule has 0 amide bonds. The Hall–Kier alpha value is -1.36. The molecule has 1 saturated heterocycles. The number of morpholine rings is 1. The summed E-state index contributed by atoms with van der Waals surface area (Å²) in [5.74, 6) is 0. The number of rotatable bonds is 3. The third-order valence-corrected chi connectivity index (χ3v) is 4.22. The lowest BCUT2D eigenvalue weighted by molar-refractivity contribution is -0.0329. The van der Waals surface area contributed by atoms with E-state index < -0.39 is 0 Å². The Morgan fingerprint density at radius 2 is 2.05 bits per heavy atom. The van der Waals surface area contributed by atoms with Crippen LogP contribution in [0.5, 0.6) is 0 Å².